The Morgan fingerprint density at radius 1 is 1.40 bits per heavy atom. The number of hydrogen-bond donors (Lipinski definition) is 2. The predicted octanol–water partition coefficient (Wildman–Crippen LogP) is 0.918. The molecule has 0 aromatic carbocycles. The Balaban J connectivity index is 0.000000810. The van der Waals surface area contributed by atoms with Gasteiger partial charge in [-0.05, 0) is 25.2 Å². The van der Waals surface area contributed by atoms with Crippen LogP contribution in [0.5, 0.6) is 0 Å². The summed E-state index contributed by atoms with van der Waals surface area (Å²) in [5.74, 6) is 0.494. The third-order valence-electron chi connectivity index (χ3n) is 2.08. The molecule has 3 N–H and O–H groups in total. The van der Waals surface area contributed by atoms with Gasteiger partial charge in [0.25, 0.3) is 0 Å². The van der Waals surface area contributed by atoms with Gasteiger partial charge in [-0.3, -0.25) is 0 Å². The van der Waals surface area contributed by atoms with Crippen molar-refractivity contribution in [1.29, 1.82) is 0 Å². The van der Waals surface area contributed by atoms with E-state index in [-0.39, 0.29) is 12.4 Å². The second-order valence-corrected chi connectivity index (χ2v) is 2.98. The van der Waals surface area contributed by atoms with E-state index in [9.17, 15) is 0 Å². The smallest absolute Gasteiger partial charge is 0.0459 e. The van der Waals surface area contributed by atoms with Crippen molar-refractivity contribution in [2.75, 3.05) is 6.61 Å². The average Bonchev–Trinajstić information content (AvgIpc) is 1.88. The lowest BCUT2D eigenvalue weighted by Gasteiger charge is -2.24. The molecule has 0 amide bonds. The van der Waals surface area contributed by atoms with Crippen LogP contribution in [0.25, 0.3) is 0 Å². The van der Waals surface area contributed by atoms with Crippen LogP contribution in [-0.2, 0) is 0 Å². The standard InChI is InChI=1S/C7H15NO.ClH/c8-7-3-1-2-6(4-7)5-9;/h6-7,9H,1-5,8H2;1H/t6-,7-;/m1./s1. The summed E-state index contributed by atoms with van der Waals surface area (Å²) in [5, 5.41) is 8.75. The van der Waals surface area contributed by atoms with Gasteiger partial charge in [0.2, 0.25) is 0 Å². The molecule has 0 heterocycles. The fourth-order valence-electron chi connectivity index (χ4n) is 1.50. The number of halogens is 1. The lowest BCUT2D eigenvalue weighted by molar-refractivity contribution is 0.180. The Labute approximate surface area is 68.2 Å². The summed E-state index contributed by atoms with van der Waals surface area (Å²) in [4.78, 5) is 0. The predicted molar refractivity (Wildman–Crippen MR) is 44.3 cm³/mol. The minimum atomic E-state index is 0. The van der Waals surface area contributed by atoms with Gasteiger partial charge in [0, 0.05) is 12.6 Å². The SMILES string of the molecule is Cl.N[C@@H]1CCC[C@@H](CO)C1. The zero-order valence-corrected chi connectivity index (χ0v) is 6.94. The molecule has 1 saturated carbocycles. The zero-order valence-electron chi connectivity index (χ0n) is 6.12. The first-order valence-corrected chi connectivity index (χ1v) is 3.69. The summed E-state index contributed by atoms with van der Waals surface area (Å²) < 4.78 is 0. The minimum Gasteiger partial charge on any atom is -0.396 e. The second-order valence-electron chi connectivity index (χ2n) is 2.98. The van der Waals surface area contributed by atoms with Crippen molar-refractivity contribution in [3.63, 3.8) is 0 Å². The Bertz CT molecular complexity index is 89.7. The van der Waals surface area contributed by atoms with E-state index < -0.39 is 0 Å². The van der Waals surface area contributed by atoms with Gasteiger partial charge in [-0.1, -0.05) is 6.42 Å². The normalized spacial score (nSPS) is 33.0. The Morgan fingerprint density at radius 3 is 2.50 bits per heavy atom. The van der Waals surface area contributed by atoms with Crippen LogP contribution in [0.2, 0.25) is 0 Å². The maximum Gasteiger partial charge on any atom is 0.0459 e. The van der Waals surface area contributed by atoms with Gasteiger partial charge < -0.3 is 10.8 Å². The van der Waals surface area contributed by atoms with Gasteiger partial charge in [-0.15, -0.1) is 12.4 Å². The van der Waals surface area contributed by atoms with Crippen molar-refractivity contribution < 1.29 is 5.11 Å². The quantitative estimate of drug-likeness (QED) is 0.607. The monoisotopic (exact) mass is 165 g/mol. The highest BCUT2D eigenvalue weighted by molar-refractivity contribution is 5.85. The number of rotatable bonds is 1. The number of aliphatic hydroxyl groups excluding tert-OH is 1. The van der Waals surface area contributed by atoms with Gasteiger partial charge >= 0.3 is 0 Å². The molecule has 1 fully saturated rings. The number of hydrogen-bond acceptors (Lipinski definition) is 2. The lowest BCUT2D eigenvalue weighted by atomic mass is 9.87. The molecule has 2 atom stereocenters. The summed E-state index contributed by atoms with van der Waals surface area (Å²) in [6.45, 7) is 0.327. The van der Waals surface area contributed by atoms with Crippen LogP contribution in [-0.4, -0.2) is 17.8 Å². The minimum absolute atomic E-state index is 0. The van der Waals surface area contributed by atoms with Crippen LogP contribution in [0.1, 0.15) is 25.7 Å². The van der Waals surface area contributed by atoms with E-state index in [0.717, 1.165) is 12.8 Å². The Kier molecular flexibility index (Phi) is 5.04. The van der Waals surface area contributed by atoms with Crippen LogP contribution in [0.15, 0.2) is 0 Å². The highest BCUT2D eigenvalue weighted by Gasteiger charge is 2.17. The largest absolute Gasteiger partial charge is 0.396 e. The summed E-state index contributed by atoms with van der Waals surface area (Å²) in [7, 11) is 0. The molecule has 0 aromatic rings. The molecule has 0 bridgehead atoms. The average molecular weight is 166 g/mol. The first kappa shape index (κ1) is 10.2. The zero-order chi connectivity index (χ0) is 6.69. The van der Waals surface area contributed by atoms with Gasteiger partial charge in [-0.2, -0.15) is 0 Å². The molecule has 3 heteroatoms. The molecular formula is C7H16ClNO. The first-order valence-electron chi connectivity index (χ1n) is 3.69. The third-order valence-corrected chi connectivity index (χ3v) is 2.08. The molecule has 0 unspecified atom stereocenters. The highest BCUT2D eigenvalue weighted by atomic mass is 35.5. The molecule has 0 radical (unpaired) electrons. The van der Waals surface area contributed by atoms with E-state index in [0.29, 0.717) is 18.6 Å². The molecule has 62 valence electrons. The van der Waals surface area contributed by atoms with Crippen molar-refractivity contribution in [2.45, 2.75) is 31.7 Å². The van der Waals surface area contributed by atoms with E-state index in [1.165, 1.54) is 12.8 Å². The second kappa shape index (κ2) is 4.94. The summed E-state index contributed by atoms with van der Waals surface area (Å²) in [6.07, 6.45) is 4.55. The van der Waals surface area contributed by atoms with Crippen LogP contribution in [0, 0.1) is 5.92 Å². The summed E-state index contributed by atoms with van der Waals surface area (Å²) in [6, 6.07) is 0.357. The van der Waals surface area contributed by atoms with Crippen molar-refractivity contribution in [2.24, 2.45) is 11.7 Å². The molecule has 0 aromatic heterocycles. The highest BCUT2D eigenvalue weighted by Crippen LogP contribution is 2.21. The maximum absolute atomic E-state index is 8.75. The fraction of sp³-hybridized carbons (Fsp3) is 1.00. The Morgan fingerprint density at radius 2 is 2.10 bits per heavy atom. The van der Waals surface area contributed by atoms with Gasteiger partial charge in [0.15, 0.2) is 0 Å². The topological polar surface area (TPSA) is 46.2 Å². The molecule has 1 rings (SSSR count). The van der Waals surface area contributed by atoms with Gasteiger partial charge in [0.05, 0.1) is 0 Å². The molecule has 10 heavy (non-hydrogen) atoms. The first-order chi connectivity index (χ1) is 4.33. The maximum atomic E-state index is 8.75. The van der Waals surface area contributed by atoms with Crippen LogP contribution in [0.3, 0.4) is 0 Å². The van der Waals surface area contributed by atoms with Crippen molar-refractivity contribution in [3.8, 4) is 0 Å². The van der Waals surface area contributed by atoms with Crippen molar-refractivity contribution in [3.05, 3.63) is 0 Å². The van der Waals surface area contributed by atoms with E-state index >= 15 is 0 Å². The molecular weight excluding hydrogens is 150 g/mol. The summed E-state index contributed by atoms with van der Waals surface area (Å²) >= 11 is 0. The third kappa shape index (κ3) is 2.86. The lowest BCUT2D eigenvalue weighted by Crippen LogP contribution is -2.29. The van der Waals surface area contributed by atoms with Crippen LogP contribution >= 0.6 is 12.4 Å². The van der Waals surface area contributed by atoms with Crippen LogP contribution < -0.4 is 5.73 Å². The molecule has 2 nitrogen and oxygen atoms in total. The van der Waals surface area contributed by atoms with Crippen molar-refractivity contribution >= 4 is 12.4 Å². The summed E-state index contributed by atoms with van der Waals surface area (Å²) in [5.41, 5.74) is 5.69. The number of nitrogens with two attached hydrogens (primary N) is 1. The van der Waals surface area contributed by atoms with E-state index in [1.807, 2.05) is 0 Å². The fourth-order valence-corrected chi connectivity index (χ4v) is 1.50. The van der Waals surface area contributed by atoms with Gasteiger partial charge in [0.1, 0.15) is 0 Å². The van der Waals surface area contributed by atoms with E-state index in [2.05, 4.69) is 0 Å². The van der Waals surface area contributed by atoms with E-state index in [1.54, 1.807) is 0 Å². The molecule has 0 aliphatic heterocycles. The van der Waals surface area contributed by atoms with Gasteiger partial charge in [-0.25, -0.2) is 0 Å². The van der Waals surface area contributed by atoms with Crippen molar-refractivity contribution in [1.82, 2.24) is 0 Å². The molecule has 0 saturated heterocycles. The molecule has 0 spiro atoms. The van der Waals surface area contributed by atoms with Crippen LogP contribution in [0.4, 0.5) is 0 Å². The Hall–Kier alpha value is 0.210. The molecule has 1 aliphatic carbocycles. The van der Waals surface area contributed by atoms with E-state index in [4.69, 9.17) is 10.8 Å². The number of aliphatic hydroxyl groups is 1. The molecule has 1 aliphatic rings.